The molecule has 0 aromatic rings. The van der Waals surface area contributed by atoms with Crippen LogP contribution in [0.2, 0.25) is 0 Å². The molecule has 2 fully saturated rings. The minimum atomic E-state index is 0.175. The van der Waals surface area contributed by atoms with Gasteiger partial charge >= 0.3 is 0 Å². The van der Waals surface area contributed by atoms with Gasteiger partial charge < -0.3 is 4.90 Å². The van der Waals surface area contributed by atoms with Gasteiger partial charge in [0.25, 0.3) is 0 Å². The molecule has 3 heteroatoms. The molecule has 0 radical (unpaired) electrons. The number of rotatable bonds is 1. The largest absolute Gasteiger partial charge is 0.338 e. The summed E-state index contributed by atoms with van der Waals surface area (Å²) in [7, 11) is 0. The maximum absolute atomic E-state index is 11.7. The number of carbonyl (C=O) groups excluding carboxylic acids is 1. The second-order valence-corrected chi connectivity index (χ2v) is 5.32. The number of thioether (sulfide) groups is 1. The summed E-state index contributed by atoms with van der Waals surface area (Å²) in [4.78, 5) is 13.7. The molecule has 2 aliphatic heterocycles. The number of hydrogen-bond donors (Lipinski definition) is 0. The van der Waals surface area contributed by atoms with Crippen LogP contribution in [0.5, 0.6) is 0 Å². The molecule has 2 heterocycles. The SMILES string of the molecule is CC(C)C(=O)N1CC2CC1CS2. The number of carbonyl (C=O) groups is 1. The van der Waals surface area contributed by atoms with Crippen LogP contribution in [0.1, 0.15) is 20.3 Å². The van der Waals surface area contributed by atoms with Gasteiger partial charge in [-0.15, -0.1) is 0 Å². The minimum Gasteiger partial charge on any atom is -0.338 e. The molecule has 2 nitrogen and oxygen atoms in total. The van der Waals surface area contributed by atoms with E-state index in [0.29, 0.717) is 11.9 Å². The third-order valence-electron chi connectivity index (χ3n) is 2.68. The molecule has 0 spiro atoms. The molecule has 68 valence electrons. The highest BCUT2D eigenvalue weighted by molar-refractivity contribution is 8.00. The zero-order chi connectivity index (χ0) is 8.72. The number of likely N-dealkylation sites (tertiary alicyclic amines) is 1. The van der Waals surface area contributed by atoms with Crippen molar-refractivity contribution in [1.82, 2.24) is 4.90 Å². The average molecular weight is 185 g/mol. The molecule has 2 bridgehead atoms. The van der Waals surface area contributed by atoms with Gasteiger partial charge in [-0.05, 0) is 6.42 Å². The van der Waals surface area contributed by atoms with Crippen LogP contribution < -0.4 is 0 Å². The molecule has 0 saturated carbocycles. The van der Waals surface area contributed by atoms with E-state index < -0.39 is 0 Å². The van der Waals surface area contributed by atoms with Crippen molar-refractivity contribution in [3.8, 4) is 0 Å². The molecule has 0 aromatic carbocycles. The topological polar surface area (TPSA) is 20.3 Å². The summed E-state index contributed by atoms with van der Waals surface area (Å²) in [5, 5.41) is 0.748. The summed E-state index contributed by atoms with van der Waals surface area (Å²) in [6.07, 6.45) is 1.24. The van der Waals surface area contributed by atoms with Gasteiger partial charge in [0.2, 0.25) is 5.91 Å². The number of amides is 1. The van der Waals surface area contributed by atoms with E-state index in [4.69, 9.17) is 0 Å². The summed E-state index contributed by atoms with van der Waals surface area (Å²) >= 11 is 2.03. The normalized spacial score (nSPS) is 33.4. The van der Waals surface area contributed by atoms with Crippen LogP contribution in [-0.4, -0.2) is 34.4 Å². The van der Waals surface area contributed by atoms with Crippen molar-refractivity contribution in [3.05, 3.63) is 0 Å². The van der Waals surface area contributed by atoms with Crippen LogP contribution in [0.15, 0.2) is 0 Å². The zero-order valence-corrected chi connectivity index (χ0v) is 8.43. The predicted molar refractivity (Wildman–Crippen MR) is 51.2 cm³/mol. The van der Waals surface area contributed by atoms with Gasteiger partial charge in [-0.1, -0.05) is 13.8 Å². The molecule has 2 saturated heterocycles. The summed E-state index contributed by atoms with van der Waals surface area (Å²) < 4.78 is 0. The first-order valence-corrected chi connectivity index (χ1v) is 5.65. The molecule has 2 unspecified atom stereocenters. The van der Waals surface area contributed by atoms with Gasteiger partial charge in [0.1, 0.15) is 0 Å². The van der Waals surface area contributed by atoms with E-state index in [9.17, 15) is 4.79 Å². The summed E-state index contributed by atoms with van der Waals surface area (Å²) in [5.74, 6) is 1.69. The first-order valence-electron chi connectivity index (χ1n) is 4.60. The summed E-state index contributed by atoms with van der Waals surface area (Å²) in [6.45, 7) is 4.98. The monoisotopic (exact) mass is 185 g/mol. The van der Waals surface area contributed by atoms with Crippen molar-refractivity contribution in [2.45, 2.75) is 31.6 Å². The van der Waals surface area contributed by atoms with Crippen molar-refractivity contribution in [2.75, 3.05) is 12.3 Å². The van der Waals surface area contributed by atoms with E-state index >= 15 is 0 Å². The lowest BCUT2D eigenvalue weighted by molar-refractivity contribution is -0.134. The Labute approximate surface area is 77.7 Å². The van der Waals surface area contributed by atoms with E-state index in [0.717, 1.165) is 11.8 Å². The number of fused-ring (bicyclic) bond motifs is 2. The Hall–Kier alpha value is -0.180. The smallest absolute Gasteiger partial charge is 0.225 e. The molecule has 1 amide bonds. The second-order valence-electron chi connectivity index (χ2n) is 3.99. The van der Waals surface area contributed by atoms with Crippen LogP contribution in [0.3, 0.4) is 0 Å². The van der Waals surface area contributed by atoms with Crippen molar-refractivity contribution in [3.63, 3.8) is 0 Å². The highest BCUT2D eigenvalue weighted by atomic mass is 32.2. The fraction of sp³-hybridized carbons (Fsp3) is 0.889. The van der Waals surface area contributed by atoms with E-state index in [-0.39, 0.29) is 5.92 Å². The van der Waals surface area contributed by atoms with Crippen molar-refractivity contribution in [1.29, 1.82) is 0 Å². The Morgan fingerprint density at radius 1 is 1.58 bits per heavy atom. The maximum Gasteiger partial charge on any atom is 0.225 e. The molecule has 2 aliphatic rings. The van der Waals surface area contributed by atoms with Crippen LogP contribution >= 0.6 is 11.8 Å². The Bertz CT molecular complexity index is 205. The summed E-state index contributed by atoms with van der Waals surface area (Å²) in [5.41, 5.74) is 0. The standard InChI is InChI=1S/C9H15NOS/c1-6(2)9(11)10-4-8-3-7(10)5-12-8/h6-8H,3-5H2,1-2H3. The van der Waals surface area contributed by atoms with E-state index in [2.05, 4.69) is 4.90 Å². The maximum atomic E-state index is 11.7. The fourth-order valence-electron chi connectivity index (χ4n) is 2.00. The van der Waals surface area contributed by atoms with Crippen molar-refractivity contribution >= 4 is 17.7 Å². The molecule has 0 aliphatic carbocycles. The Morgan fingerprint density at radius 2 is 2.33 bits per heavy atom. The van der Waals surface area contributed by atoms with Crippen LogP contribution in [0.25, 0.3) is 0 Å². The third kappa shape index (κ3) is 1.24. The predicted octanol–water partition coefficient (Wildman–Crippen LogP) is 1.36. The van der Waals surface area contributed by atoms with Gasteiger partial charge in [-0.25, -0.2) is 0 Å². The van der Waals surface area contributed by atoms with Crippen molar-refractivity contribution in [2.24, 2.45) is 5.92 Å². The number of hydrogen-bond acceptors (Lipinski definition) is 2. The molecule has 0 N–H and O–H groups in total. The minimum absolute atomic E-state index is 0.175. The van der Waals surface area contributed by atoms with E-state index in [1.54, 1.807) is 0 Å². The first-order chi connectivity index (χ1) is 5.68. The van der Waals surface area contributed by atoms with Gasteiger partial charge in [-0.3, -0.25) is 4.79 Å². The lowest BCUT2D eigenvalue weighted by Gasteiger charge is -2.28. The Morgan fingerprint density at radius 3 is 2.75 bits per heavy atom. The lowest BCUT2D eigenvalue weighted by Crippen LogP contribution is -2.41. The molecular formula is C9H15NOS. The quantitative estimate of drug-likeness (QED) is 0.615. The van der Waals surface area contributed by atoms with Gasteiger partial charge in [0.15, 0.2) is 0 Å². The van der Waals surface area contributed by atoms with Crippen molar-refractivity contribution < 1.29 is 4.79 Å². The zero-order valence-electron chi connectivity index (χ0n) is 7.62. The Balaban J connectivity index is 2.02. The molecular weight excluding hydrogens is 170 g/mol. The third-order valence-corrected chi connectivity index (χ3v) is 4.07. The molecule has 0 aromatic heterocycles. The fourth-order valence-corrected chi connectivity index (χ4v) is 3.44. The van der Waals surface area contributed by atoms with E-state index in [1.807, 2.05) is 25.6 Å². The van der Waals surface area contributed by atoms with Crippen LogP contribution in [0.4, 0.5) is 0 Å². The average Bonchev–Trinajstić information content (AvgIpc) is 2.62. The lowest BCUT2D eigenvalue weighted by atomic mass is 10.2. The van der Waals surface area contributed by atoms with Gasteiger partial charge in [0.05, 0.1) is 0 Å². The molecule has 2 rings (SSSR count). The molecule has 12 heavy (non-hydrogen) atoms. The van der Waals surface area contributed by atoms with Crippen LogP contribution in [0, 0.1) is 5.92 Å². The number of nitrogens with zero attached hydrogens (tertiary/aromatic N) is 1. The second kappa shape index (κ2) is 2.95. The highest BCUT2D eigenvalue weighted by Gasteiger charge is 2.41. The highest BCUT2D eigenvalue weighted by Crippen LogP contribution is 2.37. The van der Waals surface area contributed by atoms with Gasteiger partial charge in [-0.2, -0.15) is 11.8 Å². The Kier molecular flexibility index (Phi) is 2.07. The first kappa shape index (κ1) is 8.42. The van der Waals surface area contributed by atoms with E-state index in [1.165, 1.54) is 12.2 Å². The van der Waals surface area contributed by atoms with Crippen LogP contribution in [-0.2, 0) is 4.79 Å². The molecule has 2 atom stereocenters. The summed E-state index contributed by atoms with van der Waals surface area (Å²) in [6, 6.07) is 0.565. The van der Waals surface area contributed by atoms with Gasteiger partial charge in [0, 0.05) is 29.5 Å².